The molecule has 0 radical (unpaired) electrons. The molecular formula is C11H21NO3. The van der Waals surface area contributed by atoms with Crippen molar-refractivity contribution in [1.82, 2.24) is 0 Å². The molecule has 0 aliphatic carbocycles. The van der Waals surface area contributed by atoms with Crippen LogP contribution in [0.3, 0.4) is 0 Å². The lowest BCUT2D eigenvalue weighted by Crippen LogP contribution is -2.49. The van der Waals surface area contributed by atoms with Gasteiger partial charge in [0.1, 0.15) is 0 Å². The molecule has 0 amide bonds. The van der Waals surface area contributed by atoms with E-state index in [9.17, 15) is 4.79 Å². The molecule has 1 rings (SSSR count). The highest BCUT2D eigenvalue weighted by atomic mass is 16.5. The average molecular weight is 215 g/mol. The van der Waals surface area contributed by atoms with Gasteiger partial charge in [0.25, 0.3) is 0 Å². The van der Waals surface area contributed by atoms with E-state index in [2.05, 4.69) is 6.92 Å². The summed E-state index contributed by atoms with van der Waals surface area (Å²) in [5.41, 5.74) is 5.75. The fourth-order valence-electron chi connectivity index (χ4n) is 1.97. The Balaban J connectivity index is 2.46. The Morgan fingerprint density at radius 1 is 1.60 bits per heavy atom. The van der Waals surface area contributed by atoms with Gasteiger partial charge in [0.05, 0.1) is 19.1 Å². The van der Waals surface area contributed by atoms with Crippen LogP contribution >= 0.6 is 0 Å². The average Bonchev–Trinajstić information content (AvgIpc) is 2.17. The molecule has 0 aromatic rings. The Bertz CT molecular complexity index is 220. The van der Waals surface area contributed by atoms with Crippen molar-refractivity contribution in [1.29, 1.82) is 0 Å². The first-order chi connectivity index (χ1) is 7.09. The fourth-order valence-corrected chi connectivity index (χ4v) is 1.97. The molecule has 1 heterocycles. The number of rotatable bonds is 4. The standard InChI is InChI=1S/C11H21NO3/c1-3-9-7-11(12,5-6-15-9)8-10(13)14-4-2/h9H,3-8,12H2,1-2H3. The zero-order valence-electron chi connectivity index (χ0n) is 9.62. The zero-order valence-corrected chi connectivity index (χ0v) is 9.62. The van der Waals surface area contributed by atoms with Crippen LogP contribution in [-0.4, -0.2) is 30.8 Å². The fraction of sp³-hybridized carbons (Fsp3) is 0.909. The van der Waals surface area contributed by atoms with E-state index in [1.165, 1.54) is 0 Å². The van der Waals surface area contributed by atoms with Gasteiger partial charge < -0.3 is 15.2 Å². The van der Waals surface area contributed by atoms with E-state index < -0.39 is 5.54 Å². The van der Waals surface area contributed by atoms with Crippen LogP contribution in [0.1, 0.15) is 39.5 Å². The minimum Gasteiger partial charge on any atom is -0.466 e. The van der Waals surface area contributed by atoms with Crippen molar-refractivity contribution >= 4 is 5.97 Å². The van der Waals surface area contributed by atoms with Gasteiger partial charge in [-0.15, -0.1) is 0 Å². The lowest BCUT2D eigenvalue weighted by atomic mass is 9.84. The van der Waals surface area contributed by atoms with Crippen LogP contribution in [-0.2, 0) is 14.3 Å². The molecule has 1 saturated heterocycles. The molecular weight excluding hydrogens is 194 g/mol. The summed E-state index contributed by atoms with van der Waals surface area (Å²) in [5.74, 6) is -0.197. The first kappa shape index (κ1) is 12.5. The molecule has 0 spiro atoms. The zero-order chi connectivity index (χ0) is 11.3. The van der Waals surface area contributed by atoms with Crippen molar-refractivity contribution in [3.63, 3.8) is 0 Å². The van der Waals surface area contributed by atoms with Crippen LogP contribution in [0.2, 0.25) is 0 Å². The number of hydrogen-bond donors (Lipinski definition) is 1. The molecule has 1 aliphatic rings. The second kappa shape index (κ2) is 5.47. The molecule has 0 aromatic heterocycles. The number of carbonyl (C=O) groups is 1. The monoisotopic (exact) mass is 215 g/mol. The Hall–Kier alpha value is -0.610. The summed E-state index contributed by atoms with van der Waals surface area (Å²) in [4.78, 5) is 11.4. The van der Waals surface area contributed by atoms with Crippen molar-refractivity contribution in [2.24, 2.45) is 5.73 Å². The topological polar surface area (TPSA) is 61.5 Å². The van der Waals surface area contributed by atoms with E-state index in [1.54, 1.807) is 6.92 Å². The van der Waals surface area contributed by atoms with Gasteiger partial charge in [0.2, 0.25) is 0 Å². The van der Waals surface area contributed by atoms with E-state index in [0.717, 1.165) is 19.3 Å². The van der Waals surface area contributed by atoms with Gasteiger partial charge in [-0.3, -0.25) is 4.79 Å². The summed E-state index contributed by atoms with van der Waals surface area (Å²) >= 11 is 0. The first-order valence-electron chi connectivity index (χ1n) is 5.65. The molecule has 1 aliphatic heterocycles. The Morgan fingerprint density at radius 3 is 2.93 bits per heavy atom. The summed E-state index contributed by atoms with van der Waals surface area (Å²) in [7, 11) is 0. The van der Waals surface area contributed by atoms with Gasteiger partial charge >= 0.3 is 5.97 Å². The van der Waals surface area contributed by atoms with Gasteiger partial charge in [0.15, 0.2) is 0 Å². The summed E-state index contributed by atoms with van der Waals surface area (Å²) in [5, 5.41) is 0. The third-order valence-electron chi connectivity index (χ3n) is 2.84. The summed E-state index contributed by atoms with van der Waals surface area (Å²) in [6.45, 7) is 4.94. The highest BCUT2D eigenvalue weighted by molar-refractivity contribution is 5.70. The maximum atomic E-state index is 11.4. The van der Waals surface area contributed by atoms with Crippen LogP contribution in [0.25, 0.3) is 0 Å². The van der Waals surface area contributed by atoms with Crippen molar-refractivity contribution in [3.8, 4) is 0 Å². The van der Waals surface area contributed by atoms with E-state index in [-0.39, 0.29) is 12.1 Å². The highest BCUT2D eigenvalue weighted by Gasteiger charge is 2.35. The predicted octanol–water partition coefficient (Wildman–Crippen LogP) is 1.23. The first-order valence-corrected chi connectivity index (χ1v) is 5.65. The Kier molecular flexibility index (Phi) is 4.54. The lowest BCUT2D eigenvalue weighted by molar-refractivity contribution is -0.146. The van der Waals surface area contributed by atoms with Crippen molar-refractivity contribution in [2.45, 2.75) is 51.2 Å². The molecule has 0 aromatic carbocycles. The van der Waals surface area contributed by atoms with Gasteiger partial charge in [-0.2, -0.15) is 0 Å². The molecule has 15 heavy (non-hydrogen) atoms. The van der Waals surface area contributed by atoms with Crippen LogP contribution in [0.5, 0.6) is 0 Å². The summed E-state index contributed by atoms with van der Waals surface area (Å²) in [6, 6.07) is 0. The van der Waals surface area contributed by atoms with Crippen LogP contribution in [0.15, 0.2) is 0 Å². The highest BCUT2D eigenvalue weighted by Crippen LogP contribution is 2.27. The van der Waals surface area contributed by atoms with E-state index in [4.69, 9.17) is 15.2 Å². The lowest BCUT2D eigenvalue weighted by Gasteiger charge is -2.37. The van der Waals surface area contributed by atoms with Gasteiger partial charge in [-0.25, -0.2) is 0 Å². The number of carbonyl (C=O) groups excluding carboxylic acids is 1. The molecule has 0 saturated carbocycles. The number of esters is 1. The quantitative estimate of drug-likeness (QED) is 0.716. The van der Waals surface area contributed by atoms with E-state index in [1.807, 2.05) is 0 Å². The minimum atomic E-state index is -0.425. The van der Waals surface area contributed by atoms with Gasteiger partial charge in [-0.05, 0) is 26.2 Å². The van der Waals surface area contributed by atoms with Crippen molar-refractivity contribution in [3.05, 3.63) is 0 Å². The van der Waals surface area contributed by atoms with E-state index >= 15 is 0 Å². The van der Waals surface area contributed by atoms with Crippen LogP contribution in [0.4, 0.5) is 0 Å². The summed E-state index contributed by atoms with van der Waals surface area (Å²) < 4.78 is 10.5. The van der Waals surface area contributed by atoms with Crippen LogP contribution < -0.4 is 5.73 Å². The molecule has 88 valence electrons. The predicted molar refractivity (Wildman–Crippen MR) is 57.4 cm³/mol. The van der Waals surface area contributed by atoms with Crippen molar-refractivity contribution < 1.29 is 14.3 Å². The molecule has 2 atom stereocenters. The molecule has 2 N–H and O–H groups in total. The maximum Gasteiger partial charge on any atom is 0.307 e. The second-order valence-electron chi connectivity index (χ2n) is 4.20. The van der Waals surface area contributed by atoms with Crippen LogP contribution in [0, 0.1) is 0 Å². The molecule has 1 fully saturated rings. The Labute approximate surface area is 91.1 Å². The summed E-state index contributed by atoms with van der Waals surface area (Å²) in [6.07, 6.45) is 2.94. The molecule has 0 bridgehead atoms. The number of ether oxygens (including phenoxy) is 2. The third kappa shape index (κ3) is 3.80. The molecule has 4 nitrogen and oxygen atoms in total. The van der Waals surface area contributed by atoms with E-state index in [0.29, 0.717) is 19.6 Å². The third-order valence-corrected chi connectivity index (χ3v) is 2.84. The number of nitrogens with two attached hydrogens (primary N) is 1. The van der Waals surface area contributed by atoms with Crippen molar-refractivity contribution in [2.75, 3.05) is 13.2 Å². The SMILES string of the molecule is CCOC(=O)CC1(N)CCOC(CC)C1. The second-order valence-corrected chi connectivity index (χ2v) is 4.20. The smallest absolute Gasteiger partial charge is 0.307 e. The Morgan fingerprint density at radius 2 is 2.33 bits per heavy atom. The molecule has 2 unspecified atom stereocenters. The van der Waals surface area contributed by atoms with Gasteiger partial charge in [0, 0.05) is 12.1 Å². The van der Waals surface area contributed by atoms with Gasteiger partial charge in [-0.1, -0.05) is 6.92 Å². The largest absolute Gasteiger partial charge is 0.466 e. The minimum absolute atomic E-state index is 0.193. The maximum absolute atomic E-state index is 11.4. The normalized spacial score (nSPS) is 31.3. The molecule has 4 heteroatoms. The number of hydrogen-bond acceptors (Lipinski definition) is 4.